The third-order valence-electron chi connectivity index (χ3n) is 5.99. The van der Waals surface area contributed by atoms with E-state index < -0.39 is 17.3 Å². The van der Waals surface area contributed by atoms with Gasteiger partial charge in [0, 0.05) is 43.2 Å². The van der Waals surface area contributed by atoms with E-state index >= 15 is 0 Å². The van der Waals surface area contributed by atoms with Crippen LogP contribution in [0.15, 0.2) is 17.1 Å². The molecule has 2 aromatic heterocycles. The van der Waals surface area contributed by atoms with Crippen LogP contribution in [0, 0.1) is 23.2 Å². The summed E-state index contributed by atoms with van der Waals surface area (Å²) < 4.78 is 2.61. The van der Waals surface area contributed by atoms with Gasteiger partial charge in [-0.25, -0.2) is 0 Å². The second kappa shape index (κ2) is 9.10. The molecule has 3 heterocycles. The third-order valence-corrected chi connectivity index (χ3v) is 5.99. The Kier molecular flexibility index (Phi) is 6.22. The van der Waals surface area contributed by atoms with Gasteiger partial charge in [-0.05, 0) is 37.7 Å². The smallest absolute Gasteiger partial charge is 0.291 e. The van der Waals surface area contributed by atoms with Gasteiger partial charge in [0.25, 0.3) is 11.5 Å². The van der Waals surface area contributed by atoms with Gasteiger partial charge in [-0.1, -0.05) is 13.8 Å². The molecule has 1 saturated heterocycles. The number of rotatable bonds is 6. The van der Waals surface area contributed by atoms with Crippen LogP contribution in [0.2, 0.25) is 0 Å². The Morgan fingerprint density at radius 3 is 2.61 bits per heavy atom. The van der Waals surface area contributed by atoms with E-state index in [9.17, 15) is 19.5 Å². The normalized spacial score (nSPS) is 17.1. The van der Waals surface area contributed by atoms with E-state index in [1.54, 1.807) is 11.0 Å². The summed E-state index contributed by atoms with van der Waals surface area (Å²) in [6.45, 7) is 5.31. The lowest BCUT2D eigenvalue weighted by Crippen LogP contribution is -2.37. The van der Waals surface area contributed by atoms with Crippen molar-refractivity contribution in [2.24, 2.45) is 11.8 Å². The van der Waals surface area contributed by atoms with Gasteiger partial charge in [-0.2, -0.15) is 14.9 Å². The highest BCUT2D eigenvalue weighted by Gasteiger charge is 2.30. The van der Waals surface area contributed by atoms with Crippen molar-refractivity contribution in [3.8, 4) is 11.9 Å². The van der Waals surface area contributed by atoms with Crippen LogP contribution < -0.4 is 10.9 Å². The largest absolute Gasteiger partial charge is 0.494 e. The van der Waals surface area contributed by atoms with Gasteiger partial charge in [-0.3, -0.25) is 19.0 Å². The number of nitrogens with zero attached hydrogens (tertiary/aromatic N) is 5. The lowest BCUT2D eigenvalue weighted by atomic mass is 9.98. The average molecular weight is 453 g/mol. The molecule has 10 heteroatoms. The molecule has 2 aromatic rings. The Labute approximate surface area is 191 Å². The minimum atomic E-state index is -0.704. The summed E-state index contributed by atoms with van der Waals surface area (Å²) in [6.07, 6.45) is 7.45. The molecule has 1 aliphatic carbocycles. The molecule has 2 fully saturated rings. The lowest BCUT2D eigenvalue weighted by molar-refractivity contribution is -0.127. The summed E-state index contributed by atoms with van der Waals surface area (Å²) in [6, 6.07) is 2.28. The number of nitriles is 1. The Balaban J connectivity index is 1.69. The first-order chi connectivity index (χ1) is 15.8. The fourth-order valence-electron chi connectivity index (χ4n) is 4.05. The molecule has 0 unspecified atom stereocenters. The van der Waals surface area contributed by atoms with Crippen molar-refractivity contribution in [3.05, 3.63) is 33.8 Å². The van der Waals surface area contributed by atoms with Crippen LogP contribution in [0.5, 0.6) is 5.88 Å². The number of carbonyl (C=O) groups excluding carboxylic acids is 2. The highest BCUT2D eigenvalue weighted by molar-refractivity contribution is 5.97. The molecule has 1 aliphatic heterocycles. The highest BCUT2D eigenvalue weighted by Crippen LogP contribution is 2.25. The summed E-state index contributed by atoms with van der Waals surface area (Å²) in [5.41, 5.74) is -0.228. The third kappa shape index (κ3) is 4.62. The summed E-state index contributed by atoms with van der Waals surface area (Å²) in [4.78, 5) is 40.0. The number of nitrogens with one attached hydrogen (secondary N) is 1. The zero-order chi connectivity index (χ0) is 23.7. The minimum absolute atomic E-state index is 0.0163. The van der Waals surface area contributed by atoms with Crippen LogP contribution in [-0.2, 0) is 11.3 Å². The van der Waals surface area contributed by atoms with Crippen molar-refractivity contribution in [1.82, 2.24) is 24.4 Å². The van der Waals surface area contributed by atoms with Crippen molar-refractivity contribution >= 4 is 23.5 Å². The van der Waals surface area contributed by atoms with E-state index in [0.29, 0.717) is 43.7 Å². The van der Waals surface area contributed by atoms with Crippen LogP contribution in [-0.4, -0.2) is 55.1 Å². The molecule has 0 bridgehead atoms. The first kappa shape index (κ1) is 22.6. The molecule has 1 saturated carbocycles. The molecular formula is C23H28N6O4. The minimum Gasteiger partial charge on any atom is -0.494 e. The van der Waals surface area contributed by atoms with Crippen LogP contribution in [0.1, 0.15) is 55.5 Å². The SMILES string of the molecule is CC(C)Cn1c(O)c(C(=O)NC2CC2)c(=O)n2ncc(C=CC(=O)N3CCC(C#N)CC3)c12. The summed E-state index contributed by atoms with van der Waals surface area (Å²) in [5, 5.41) is 26.9. The average Bonchev–Trinajstić information content (AvgIpc) is 3.50. The fraction of sp³-hybridized carbons (Fsp3) is 0.522. The van der Waals surface area contributed by atoms with Crippen molar-refractivity contribution in [2.75, 3.05) is 13.1 Å². The van der Waals surface area contributed by atoms with Gasteiger partial charge in [0.15, 0.2) is 5.56 Å². The van der Waals surface area contributed by atoms with E-state index in [1.807, 2.05) is 13.8 Å². The van der Waals surface area contributed by atoms with Crippen LogP contribution in [0.25, 0.3) is 11.7 Å². The summed E-state index contributed by atoms with van der Waals surface area (Å²) in [7, 11) is 0. The fourth-order valence-corrected chi connectivity index (χ4v) is 4.05. The highest BCUT2D eigenvalue weighted by atomic mass is 16.3. The van der Waals surface area contributed by atoms with Crippen molar-refractivity contribution in [2.45, 2.75) is 52.1 Å². The monoisotopic (exact) mass is 452 g/mol. The molecule has 10 nitrogen and oxygen atoms in total. The first-order valence-corrected chi connectivity index (χ1v) is 11.3. The zero-order valence-electron chi connectivity index (χ0n) is 18.8. The number of amides is 2. The van der Waals surface area contributed by atoms with Crippen LogP contribution >= 0.6 is 0 Å². The molecule has 4 rings (SSSR count). The predicted octanol–water partition coefficient (Wildman–Crippen LogP) is 1.53. The summed E-state index contributed by atoms with van der Waals surface area (Å²) in [5.74, 6) is -1.11. The molecular weight excluding hydrogens is 424 g/mol. The molecule has 2 aliphatic rings. The number of aromatic nitrogens is 3. The van der Waals surface area contributed by atoms with Crippen molar-refractivity contribution in [1.29, 1.82) is 5.26 Å². The molecule has 0 aromatic carbocycles. The Bertz CT molecular complexity index is 1210. The molecule has 2 N–H and O–H groups in total. The van der Waals surface area contributed by atoms with E-state index in [-0.39, 0.29) is 29.3 Å². The Morgan fingerprint density at radius 1 is 1.30 bits per heavy atom. The predicted molar refractivity (Wildman–Crippen MR) is 120 cm³/mol. The molecule has 0 atom stereocenters. The number of hydrogen-bond acceptors (Lipinski definition) is 6. The van der Waals surface area contributed by atoms with E-state index in [1.165, 1.54) is 16.8 Å². The molecule has 0 radical (unpaired) electrons. The Hall–Kier alpha value is -3.61. The van der Waals surface area contributed by atoms with E-state index in [0.717, 1.165) is 17.4 Å². The van der Waals surface area contributed by atoms with E-state index in [2.05, 4.69) is 16.5 Å². The number of piperidine rings is 1. The maximum atomic E-state index is 13.0. The van der Waals surface area contributed by atoms with Crippen LogP contribution in [0.4, 0.5) is 0 Å². The van der Waals surface area contributed by atoms with Gasteiger partial charge in [0.2, 0.25) is 11.8 Å². The lowest BCUT2D eigenvalue weighted by Gasteiger charge is -2.28. The topological polar surface area (TPSA) is 133 Å². The number of carbonyl (C=O) groups is 2. The number of hydrogen-bond donors (Lipinski definition) is 2. The van der Waals surface area contributed by atoms with Crippen molar-refractivity contribution < 1.29 is 14.7 Å². The zero-order valence-corrected chi connectivity index (χ0v) is 18.8. The quantitative estimate of drug-likeness (QED) is 0.639. The van der Waals surface area contributed by atoms with Gasteiger partial charge < -0.3 is 15.3 Å². The van der Waals surface area contributed by atoms with Gasteiger partial charge >= 0.3 is 0 Å². The molecule has 2 amide bonds. The van der Waals surface area contributed by atoms with Crippen molar-refractivity contribution in [3.63, 3.8) is 0 Å². The molecule has 174 valence electrons. The maximum absolute atomic E-state index is 13.0. The molecule has 0 spiro atoms. The summed E-state index contributed by atoms with van der Waals surface area (Å²) >= 11 is 0. The molecule has 33 heavy (non-hydrogen) atoms. The van der Waals surface area contributed by atoms with Gasteiger partial charge in [0.1, 0.15) is 5.65 Å². The van der Waals surface area contributed by atoms with Crippen LogP contribution in [0.3, 0.4) is 0 Å². The number of likely N-dealkylation sites (tertiary alicyclic amines) is 1. The maximum Gasteiger partial charge on any atom is 0.291 e. The second-order valence-electron chi connectivity index (χ2n) is 9.15. The van der Waals surface area contributed by atoms with E-state index in [4.69, 9.17) is 5.26 Å². The number of aromatic hydroxyl groups is 1. The number of fused-ring (bicyclic) bond motifs is 1. The Morgan fingerprint density at radius 2 is 2.00 bits per heavy atom. The standard InChI is InChI=1S/C23H28N6O4/c1-14(2)13-28-21-16(3-6-18(30)27-9-7-15(11-24)8-10-27)12-25-29(21)23(33)19(22(28)32)20(31)26-17-4-5-17/h3,6,12,14-15,17,32H,4-5,7-10,13H2,1-2H3,(H,26,31). The second-order valence-corrected chi connectivity index (χ2v) is 9.15. The first-order valence-electron chi connectivity index (χ1n) is 11.3. The van der Waals surface area contributed by atoms with Gasteiger partial charge in [-0.15, -0.1) is 0 Å². The van der Waals surface area contributed by atoms with Gasteiger partial charge in [0.05, 0.1) is 12.3 Å².